The molecule has 1 atom stereocenters. The molecule has 0 saturated heterocycles. The molecule has 168 valence electrons. The Labute approximate surface area is 197 Å². The number of amidine groups is 1. The summed E-state index contributed by atoms with van der Waals surface area (Å²) in [6.07, 6.45) is 4.55. The summed E-state index contributed by atoms with van der Waals surface area (Å²) in [5.74, 6) is 1.23. The minimum absolute atomic E-state index is 0.436. The molecule has 0 radical (unpaired) electrons. The fourth-order valence-electron chi connectivity index (χ4n) is 4.63. The van der Waals surface area contributed by atoms with Crippen LogP contribution in [0.4, 0.5) is 0 Å². The van der Waals surface area contributed by atoms with Crippen molar-refractivity contribution in [3.63, 3.8) is 0 Å². The van der Waals surface area contributed by atoms with Crippen LogP contribution in [0.5, 0.6) is 0 Å². The number of rotatable bonds is 3. The van der Waals surface area contributed by atoms with Gasteiger partial charge in [0.1, 0.15) is 11.4 Å². The van der Waals surface area contributed by atoms with Gasteiger partial charge >= 0.3 is 0 Å². The van der Waals surface area contributed by atoms with Crippen molar-refractivity contribution in [2.24, 2.45) is 21.6 Å². The highest BCUT2D eigenvalue weighted by atomic mass is 35.5. The zero-order valence-corrected chi connectivity index (χ0v) is 19.4. The lowest BCUT2D eigenvalue weighted by molar-refractivity contribution is -0.134. The number of fused-ring (bicyclic) bond motifs is 1. The van der Waals surface area contributed by atoms with Crippen LogP contribution in [0.1, 0.15) is 38.2 Å². The maximum Gasteiger partial charge on any atom is 0.300 e. The van der Waals surface area contributed by atoms with Crippen LogP contribution in [0.2, 0.25) is 10.0 Å². The molecule has 1 fully saturated rings. The fraction of sp³-hybridized carbons (Fsp3) is 0.375. The van der Waals surface area contributed by atoms with Gasteiger partial charge in [-0.05, 0) is 66.1 Å². The molecule has 8 heteroatoms. The highest BCUT2D eigenvalue weighted by molar-refractivity contribution is 6.35. The summed E-state index contributed by atoms with van der Waals surface area (Å²) in [5, 5.41) is 8.68. The van der Waals surface area contributed by atoms with E-state index < -0.39 is 11.5 Å². The number of benzene rings is 2. The van der Waals surface area contributed by atoms with Crippen LogP contribution in [0.3, 0.4) is 0 Å². The molecule has 2 aromatic carbocycles. The number of guanidine groups is 1. The van der Waals surface area contributed by atoms with E-state index in [1.807, 2.05) is 12.1 Å². The van der Waals surface area contributed by atoms with Crippen LogP contribution in [0, 0.1) is 5.92 Å². The van der Waals surface area contributed by atoms with Crippen LogP contribution in [-0.2, 0) is 10.3 Å². The molecule has 1 unspecified atom stereocenters. The standard InChI is InChI=1S/C22H22Cl2N4.C2H4O2/c23-18-11-15(12-19(24)13-18)14-4-1-7-17(10-14)22(16-5-2-6-16)20-26-8-3-9-28(20)21(25)27-22;1-2(3)4/h1,4,7,10-13,16H,2-3,5-6,8-9H2,(H2,25,27);1H3,(H,3,4). The van der Waals surface area contributed by atoms with Crippen molar-refractivity contribution in [3.05, 3.63) is 58.1 Å². The summed E-state index contributed by atoms with van der Waals surface area (Å²) < 4.78 is 0. The highest BCUT2D eigenvalue weighted by Crippen LogP contribution is 2.50. The molecule has 1 aliphatic carbocycles. The third kappa shape index (κ3) is 4.21. The van der Waals surface area contributed by atoms with Gasteiger partial charge in [-0.15, -0.1) is 0 Å². The van der Waals surface area contributed by atoms with Crippen molar-refractivity contribution in [2.75, 3.05) is 13.1 Å². The Morgan fingerprint density at radius 1 is 1.12 bits per heavy atom. The van der Waals surface area contributed by atoms with Crippen molar-refractivity contribution in [1.29, 1.82) is 0 Å². The molecule has 3 aliphatic rings. The molecular formula is C24H26Cl2N4O2. The van der Waals surface area contributed by atoms with Crippen molar-refractivity contribution in [2.45, 2.75) is 38.1 Å². The molecule has 5 rings (SSSR count). The van der Waals surface area contributed by atoms with Crippen LogP contribution in [-0.4, -0.2) is 40.9 Å². The Balaban J connectivity index is 0.000000567. The van der Waals surface area contributed by atoms with Crippen LogP contribution in [0.15, 0.2) is 52.4 Å². The van der Waals surface area contributed by atoms with Gasteiger partial charge in [-0.3, -0.25) is 14.7 Å². The summed E-state index contributed by atoms with van der Waals surface area (Å²) >= 11 is 12.5. The molecule has 0 bridgehead atoms. The Morgan fingerprint density at radius 2 is 1.81 bits per heavy atom. The molecule has 2 aromatic rings. The zero-order chi connectivity index (χ0) is 22.9. The average molecular weight is 473 g/mol. The van der Waals surface area contributed by atoms with Crippen molar-refractivity contribution in [3.8, 4) is 11.1 Å². The summed E-state index contributed by atoms with van der Waals surface area (Å²) in [4.78, 5) is 21.1. The van der Waals surface area contributed by atoms with Gasteiger partial charge in [-0.2, -0.15) is 0 Å². The van der Waals surface area contributed by atoms with E-state index in [1.54, 1.807) is 6.07 Å². The minimum atomic E-state index is -0.833. The SMILES string of the molecule is CC(=O)O.NC1=NC(c2cccc(-c3cc(Cl)cc(Cl)c3)c2)(C2CCC2)C2=NCCCN12. The number of aliphatic imine (C=N–C) groups is 2. The van der Waals surface area contributed by atoms with Gasteiger partial charge in [0.2, 0.25) is 0 Å². The van der Waals surface area contributed by atoms with E-state index in [1.165, 1.54) is 6.42 Å². The van der Waals surface area contributed by atoms with Crippen molar-refractivity contribution in [1.82, 2.24) is 4.90 Å². The van der Waals surface area contributed by atoms with Gasteiger partial charge in [0.05, 0.1) is 0 Å². The monoisotopic (exact) mass is 472 g/mol. The first-order valence-corrected chi connectivity index (χ1v) is 11.5. The summed E-state index contributed by atoms with van der Waals surface area (Å²) in [6.45, 7) is 2.82. The first-order chi connectivity index (χ1) is 15.3. The number of carboxylic acids is 1. The normalized spacial score (nSPS) is 22.2. The van der Waals surface area contributed by atoms with Crippen LogP contribution < -0.4 is 5.73 Å². The number of nitrogens with two attached hydrogens (primary N) is 1. The molecule has 1 saturated carbocycles. The summed E-state index contributed by atoms with van der Waals surface area (Å²) in [6, 6.07) is 14.2. The van der Waals surface area contributed by atoms with Crippen molar-refractivity contribution >= 4 is 41.0 Å². The molecule has 2 aliphatic heterocycles. The zero-order valence-electron chi connectivity index (χ0n) is 17.9. The highest BCUT2D eigenvalue weighted by Gasteiger charge is 2.54. The first kappa shape index (κ1) is 22.6. The van der Waals surface area contributed by atoms with Crippen LogP contribution >= 0.6 is 23.2 Å². The number of halogens is 2. The molecule has 0 spiro atoms. The van der Waals surface area contributed by atoms with E-state index >= 15 is 0 Å². The maximum absolute atomic E-state index is 9.00. The minimum Gasteiger partial charge on any atom is -0.481 e. The molecule has 32 heavy (non-hydrogen) atoms. The number of carboxylic acid groups (broad SMARTS) is 1. The molecule has 0 amide bonds. The quantitative estimate of drug-likeness (QED) is 0.643. The molecule has 6 nitrogen and oxygen atoms in total. The van der Waals surface area contributed by atoms with E-state index in [-0.39, 0.29) is 0 Å². The fourth-order valence-corrected chi connectivity index (χ4v) is 5.16. The van der Waals surface area contributed by atoms with Gasteiger partial charge in [-0.1, -0.05) is 47.8 Å². The third-order valence-electron chi connectivity index (χ3n) is 6.16. The lowest BCUT2D eigenvalue weighted by atomic mass is 9.67. The van der Waals surface area contributed by atoms with Crippen LogP contribution in [0.25, 0.3) is 11.1 Å². The van der Waals surface area contributed by atoms with E-state index in [4.69, 9.17) is 48.8 Å². The van der Waals surface area contributed by atoms with E-state index in [2.05, 4.69) is 29.2 Å². The molecule has 3 N–H and O–H groups in total. The number of nitrogens with zero attached hydrogens (tertiary/aromatic N) is 3. The average Bonchev–Trinajstić information content (AvgIpc) is 2.99. The second-order valence-electron chi connectivity index (χ2n) is 8.33. The Hall–Kier alpha value is -2.57. The lowest BCUT2D eigenvalue weighted by Gasteiger charge is -2.42. The topological polar surface area (TPSA) is 91.3 Å². The van der Waals surface area contributed by atoms with Gasteiger partial charge in [0, 0.05) is 30.1 Å². The Bertz CT molecular complexity index is 1070. The Kier molecular flexibility index (Phi) is 6.45. The third-order valence-corrected chi connectivity index (χ3v) is 6.60. The predicted molar refractivity (Wildman–Crippen MR) is 129 cm³/mol. The van der Waals surface area contributed by atoms with Crippen molar-refractivity contribution < 1.29 is 9.90 Å². The largest absolute Gasteiger partial charge is 0.481 e. The second kappa shape index (κ2) is 9.12. The second-order valence-corrected chi connectivity index (χ2v) is 9.21. The lowest BCUT2D eigenvalue weighted by Crippen LogP contribution is -2.50. The molecule has 2 heterocycles. The Morgan fingerprint density at radius 3 is 2.44 bits per heavy atom. The first-order valence-electron chi connectivity index (χ1n) is 10.8. The number of aliphatic carboxylic acids is 1. The van der Waals surface area contributed by atoms with E-state index in [0.717, 1.165) is 61.8 Å². The van der Waals surface area contributed by atoms with E-state index in [9.17, 15) is 0 Å². The van der Waals surface area contributed by atoms with Gasteiger partial charge in [-0.25, -0.2) is 4.99 Å². The van der Waals surface area contributed by atoms with Gasteiger partial charge < -0.3 is 10.8 Å². The van der Waals surface area contributed by atoms with Gasteiger partial charge in [0.25, 0.3) is 5.97 Å². The summed E-state index contributed by atoms with van der Waals surface area (Å²) in [5.41, 5.74) is 9.12. The molecular weight excluding hydrogens is 447 g/mol. The van der Waals surface area contributed by atoms with E-state index in [0.29, 0.717) is 21.9 Å². The van der Waals surface area contributed by atoms with Gasteiger partial charge in [0.15, 0.2) is 5.96 Å². The maximum atomic E-state index is 9.00. The number of carbonyl (C=O) groups is 1. The number of hydrogen-bond donors (Lipinski definition) is 2. The summed E-state index contributed by atoms with van der Waals surface area (Å²) in [7, 11) is 0. The number of hydrogen-bond acceptors (Lipinski definition) is 5. The smallest absolute Gasteiger partial charge is 0.300 e. The predicted octanol–water partition coefficient (Wildman–Crippen LogP) is 5.18. The molecule has 0 aromatic heterocycles.